The van der Waals surface area contributed by atoms with E-state index < -0.39 is 26.2 Å². The normalized spacial score (nSPS) is 29.6. The number of hydrogen-bond acceptors (Lipinski definition) is 4. The van der Waals surface area contributed by atoms with Crippen LogP contribution in [0.15, 0.2) is 47.4 Å². The molecule has 4 aliphatic rings. The van der Waals surface area contributed by atoms with E-state index in [0.29, 0.717) is 18.8 Å². The number of carbonyl (C=O) groups excluding carboxylic acids is 2. The minimum absolute atomic E-state index is 0.0440. The molecule has 0 aromatic heterocycles. The Hall–Kier alpha value is -2.65. The molecule has 2 amide bonds. The van der Waals surface area contributed by atoms with E-state index in [2.05, 4.69) is 10.0 Å². The lowest BCUT2D eigenvalue weighted by Crippen LogP contribution is -2.62. The van der Waals surface area contributed by atoms with Gasteiger partial charge >= 0.3 is 0 Å². The largest absolute Gasteiger partial charge is 0.369 e. The first-order valence-corrected chi connectivity index (χ1v) is 13.1. The van der Waals surface area contributed by atoms with Crippen LogP contribution in [-0.4, -0.2) is 26.3 Å². The van der Waals surface area contributed by atoms with Crippen molar-refractivity contribution in [3.63, 3.8) is 0 Å². The predicted molar refractivity (Wildman–Crippen MR) is 125 cm³/mol. The van der Waals surface area contributed by atoms with Crippen LogP contribution in [0.1, 0.15) is 42.5 Å². The Bertz CT molecular complexity index is 1270. The maximum Gasteiger partial charge on any atom is 0.264 e. The van der Waals surface area contributed by atoms with Crippen LogP contribution in [0.4, 0.5) is 10.1 Å². The smallest absolute Gasteiger partial charge is 0.264 e. The van der Waals surface area contributed by atoms with Crippen molar-refractivity contribution in [2.24, 2.45) is 28.9 Å². The molecule has 4 N–H and O–H groups in total. The zero-order valence-electron chi connectivity index (χ0n) is 18.3. The Morgan fingerprint density at radius 2 is 1.74 bits per heavy atom. The van der Waals surface area contributed by atoms with E-state index in [1.807, 2.05) is 0 Å². The fraction of sp³-hybridized carbons (Fsp3) is 0.417. The molecule has 0 radical (unpaired) electrons. The van der Waals surface area contributed by atoms with Gasteiger partial charge in [-0.1, -0.05) is 23.7 Å². The van der Waals surface area contributed by atoms with E-state index in [1.165, 1.54) is 24.3 Å². The maximum absolute atomic E-state index is 14.2. The summed E-state index contributed by atoms with van der Waals surface area (Å²) in [6.07, 6.45) is 4.20. The van der Waals surface area contributed by atoms with Gasteiger partial charge in [-0.05, 0) is 80.2 Å². The molecule has 7 nitrogen and oxygen atoms in total. The van der Waals surface area contributed by atoms with Gasteiger partial charge in [0.25, 0.3) is 15.9 Å². The van der Waals surface area contributed by atoms with Gasteiger partial charge in [-0.25, -0.2) is 12.8 Å². The van der Waals surface area contributed by atoms with Crippen LogP contribution in [0.2, 0.25) is 5.02 Å². The molecule has 180 valence electrons. The van der Waals surface area contributed by atoms with E-state index in [0.717, 1.165) is 25.3 Å². The fourth-order valence-electron chi connectivity index (χ4n) is 6.42. The third-order valence-electron chi connectivity index (χ3n) is 7.68. The van der Waals surface area contributed by atoms with Crippen LogP contribution in [0.3, 0.4) is 0 Å². The molecule has 2 aromatic rings. The van der Waals surface area contributed by atoms with Gasteiger partial charge in [0.2, 0.25) is 5.91 Å². The lowest BCUT2D eigenvalue weighted by molar-refractivity contribution is -0.145. The minimum atomic E-state index is -4.25. The van der Waals surface area contributed by atoms with Crippen molar-refractivity contribution in [3.8, 4) is 0 Å². The molecule has 0 spiro atoms. The number of nitrogens with one attached hydrogen (secondary N) is 2. The van der Waals surface area contributed by atoms with Crippen molar-refractivity contribution in [2.75, 3.05) is 4.72 Å². The summed E-state index contributed by atoms with van der Waals surface area (Å²) < 4.78 is 41.9. The van der Waals surface area contributed by atoms with E-state index >= 15 is 0 Å². The van der Waals surface area contributed by atoms with Crippen molar-refractivity contribution in [1.29, 1.82) is 0 Å². The van der Waals surface area contributed by atoms with Crippen molar-refractivity contribution < 1.29 is 22.4 Å². The summed E-state index contributed by atoms with van der Waals surface area (Å²) in [6, 6.07) is 9.72. The summed E-state index contributed by atoms with van der Waals surface area (Å²) in [5, 5.41) is 2.83. The molecule has 0 saturated heterocycles. The highest BCUT2D eigenvalue weighted by Crippen LogP contribution is 2.59. The first-order chi connectivity index (χ1) is 16.1. The van der Waals surface area contributed by atoms with E-state index in [1.54, 1.807) is 12.1 Å². The Labute approximate surface area is 202 Å². The highest BCUT2D eigenvalue weighted by atomic mass is 35.5. The van der Waals surface area contributed by atoms with Gasteiger partial charge in [0.05, 0.1) is 5.02 Å². The lowest BCUT2D eigenvalue weighted by atomic mass is 9.47. The average molecular weight is 506 g/mol. The van der Waals surface area contributed by atoms with Gasteiger partial charge in [0.1, 0.15) is 4.90 Å². The van der Waals surface area contributed by atoms with Crippen LogP contribution in [0.5, 0.6) is 0 Å². The van der Waals surface area contributed by atoms with Crippen molar-refractivity contribution >= 4 is 39.1 Å². The Balaban J connectivity index is 1.32. The second-order valence-corrected chi connectivity index (χ2v) is 11.9. The molecule has 10 heteroatoms. The molecular formula is C24H25ClFN3O4S. The number of primary amides is 1. The number of sulfonamides is 1. The van der Waals surface area contributed by atoms with Gasteiger partial charge in [-0.3, -0.25) is 14.3 Å². The minimum Gasteiger partial charge on any atom is -0.369 e. The molecular weight excluding hydrogens is 481 g/mol. The number of carbonyl (C=O) groups is 2. The molecule has 3 unspecified atom stereocenters. The molecule has 0 aliphatic heterocycles. The van der Waals surface area contributed by atoms with Gasteiger partial charge in [-0.15, -0.1) is 0 Å². The molecule has 0 heterocycles. The molecule has 5 atom stereocenters. The molecule has 4 saturated carbocycles. The number of halogens is 2. The van der Waals surface area contributed by atoms with E-state index in [-0.39, 0.29) is 46.0 Å². The average Bonchev–Trinajstić information content (AvgIpc) is 2.77. The predicted octanol–water partition coefficient (Wildman–Crippen LogP) is 3.69. The van der Waals surface area contributed by atoms with Crippen LogP contribution in [0.25, 0.3) is 0 Å². The second kappa shape index (κ2) is 8.23. The van der Waals surface area contributed by atoms with Gasteiger partial charge in [0.15, 0.2) is 5.82 Å². The first kappa shape index (κ1) is 23.1. The summed E-state index contributed by atoms with van der Waals surface area (Å²) in [7, 11) is -4.25. The third-order valence-corrected chi connectivity index (χ3v) is 9.37. The SMILES string of the molecule is NC(=O)C12CC3C[C@H](C1)C(NC(=O)c1cccc(NS(=O)(=O)c4cccc(Cl)c4F)c1)[C@@H](C3)C2. The second-order valence-electron chi connectivity index (χ2n) is 9.85. The summed E-state index contributed by atoms with van der Waals surface area (Å²) in [5.74, 6) is -0.706. The molecule has 34 heavy (non-hydrogen) atoms. The molecule has 4 fully saturated rings. The highest BCUT2D eigenvalue weighted by Gasteiger charge is 2.58. The lowest BCUT2D eigenvalue weighted by Gasteiger charge is -2.58. The number of rotatable bonds is 6. The zero-order valence-corrected chi connectivity index (χ0v) is 19.8. The van der Waals surface area contributed by atoms with Gasteiger partial charge < -0.3 is 11.1 Å². The zero-order chi connectivity index (χ0) is 24.3. The van der Waals surface area contributed by atoms with E-state index in [9.17, 15) is 22.4 Å². The molecule has 4 aliphatic carbocycles. The number of anilines is 1. The quantitative estimate of drug-likeness (QED) is 0.554. The van der Waals surface area contributed by atoms with E-state index in [4.69, 9.17) is 17.3 Å². The Morgan fingerprint density at radius 3 is 2.41 bits per heavy atom. The summed E-state index contributed by atoms with van der Waals surface area (Å²) in [4.78, 5) is 24.6. The highest BCUT2D eigenvalue weighted by molar-refractivity contribution is 7.92. The molecule has 4 bridgehead atoms. The number of hydrogen-bond donors (Lipinski definition) is 3. The Morgan fingerprint density at radius 1 is 1.06 bits per heavy atom. The fourth-order valence-corrected chi connectivity index (χ4v) is 7.80. The van der Waals surface area contributed by atoms with Crippen LogP contribution in [-0.2, 0) is 14.8 Å². The van der Waals surface area contributed by atoms with Crippen LogP contribution in [0, 0.1) is 29.0 Å². The van der Waals surface area contributed by atoms with Crippen molar-refractivity contribution in [1.82, 2.24) is 5.32 Å². The topological polar surface area (TPSA) is 118 Å². The first-order valence-electron chi connectivity index (χ1n) is 11.3. The summed E-state index contributed by atoms with van der Waals surface area (Å²) >= 11 is 5.71. The summed E-state index contributed by atoms with van der Waals surface area (Å²) in [5.41, 5.74) is 5.72. The van der Waals surface area contributed by atoms with Crippen molar-refractivity contribution in [2.45, 2.75) is 43.0 Å². The maximum atomic E-state index is 14.2. The van der Waals surface area contributed by atoms with Crippen LogP contribution >= 0.6 is 11.6 Å². The standard InChI is InChI=1S/C24H25ClFN3O4S/c25-18-5-2-6-19(20(18)26)34(32,33)29-17-4-1-3-14(9-17)22(30)28-21-15-7-13-8-16(21)12-24(10-13,11-15)23(27)31/h1-6,9,13,15-16,21,29H,7-8,10-12H2,(H2,27,31)(H,28,30)/t13?,15-,16+,21?,24?. The molecule has 6 rings (SSSR count). The molecule has 2 aromatic carbocycles. The van der Waals surface area contributed by atoms with Crippen LogP contribution < -0.4 is 15.8 Å². The number of benzene rings is 2. The summed E-state index contributed by atoms with van der Waals surface area (Å²) in [6.45, 7) is 0. The number of amides is 2. The third kappa shape index (κ3) is 3.94. The Kier molecular flexibility index (Phi) is 5.60. The van der Waals surface area contributed by atoms with Crippen molar-refractivity contribution in [3.05, 3.63) is 58.9 Å². The monoisotopic (exact) mass is 505 g/mol. The van der Waals surface area contributed by atoms with Gasteiger partial charge in [-0.2, -0.15) is 0 Å². The number of nitrogens with two attached hydrogens (primary N) is 1. The van der Waals surface area contributed by atoms with Gasteiger partial charge in [0, 0.05) is 22.7 Å².